The van der Waals surface area contributed by atoms with Gasteiger partial charge in [-0.05, 0) is 29.8 Å². The number of nitrogens with zero attached hydrogens (tertiary/aromatic N) is 3. The van der Waals surface area contributed by atoms with Crippen molar-refractivity contribution in [2.24, 2.45) is 0 Å². The molecule has 0 bridgehead atoms. The lowest BCUT2D eigenvalue weighted by Crippen LogP contribution is -2.42. The van der Waals surface area contributed by atoms with Crippen LogP contribution in [0, 0.1) is 11.3 Å². The third kappa shape index (κ3) is 7.97. The molecule has 0 radical (unpaired) electrons. The van der Waals surface area contributed by atoms with E-state index in [1.54, 1.807) is 18.2 Å². The molecule has 39 heavy (non-hydrogen) atoms. The van der Waals surface area contributed by atoms with Crippen molar-refractivity contribution < 1.29 is 50.1 Å². The van der Waals surface area contributed by atoms with Crippen LogP contribution in [-0.4, -0.2) is 95.7 Å². The first-order chi connectivity index (χ1) is 18.0. The molecule has 14 heteroatoms. The average Bonchev–Trinajstić information content (AvgIpc) is 3.19. The van der Waals surface area contributed by atoms with E-state index in [9.17, 15) is 19.5 Å². The Morgan fingerprint density at radius 3 is 2.23 bits per heavy atom. The van der Waals surface area contributed by atoms with E-state index in [0.717, 1.165) is 49.3 Å². The Balaban J connectivity index is 0.000000328. The molecule has 1 aliphatic rings. The van der Waals surface area contributed by atoms with E-state index in [0.29, 0.717) is 16.8 Å². The van der Waals surface area contributed by atoms with Crippen molar-refractivity contribution in [2.75, 3.05) is 26.3 Å². The molecule has 0 atom stereocenters. The van der Waals surface area contributed by atoms with Crippen molar-refractivity contribution in [3.05, 3.63) is 47.7 Å². The van der Waals surface area contributed by atoms with Crippen LogP contribution in [0.4, 0.5) is 0 Å². The van der Waals surface area contributed by atoms with Gasteiger partial charge >= 0.3 is 17.9 Å². The van der Waals surface area contributed by atoms with Crippen molar-refractivity contribution in [2.45, 2.75) is 25.0 Å². The summed E-state index contributed by atoms with van der Waals surface area (Å²) in [6.45, 7) is 4.25. The molecular formula is C25H28N4O10. The number of rotatable bonds is 8. The van der Waals surface area contributed by atoms with Crippen LogP contribution in [0.5, 0.6) is 5.88 Å². The van der Waals surface area contributed by atoms with Gasteiger partial charge in [-0.15, -0.1) is 0 Å². The van der Waals surface area contributed by atoms with Gasteiger partial charge in [-0.3, -0.25) is 19.5 Å². The SMILES string of the molecule is N#Cc1ccc2[nH]c(O)c(-c3ccc(CN4CCOCC4)cn3)c2c1.O.O=C(O)CC(O)(CC(=O)O)C(=O)O. The number of aliphatic hydroxyl groups is 1. The minimum Gasteiger partial charge on any atom is -0.494 e. The van der Waals surface area contributed by atoms with E-state index in [1.807, 2.05) is 18.3 Å². The van der Waals surface area contributed by atoms with E-state index >= 15 is 0 Å². The smallest absolute Gasteiger partial charge is 0.336 e. The van der Waals surface area contributed by atoms with Gasteiger partial charge < -0.3 is 40.7 Å². The largest absolute Gasteiger partial charge is 0.494 e. The number of aromatic nitrogens is 2. The number of morpholine rings is 1. The van der Waals surface area contributed by atoms with Crippen LogP contribution in [-0.2, 0) is 25.7 Å². The van der Waals surface area contributed by atoms with E-state index in [1.165, 1.54) is 0 Å². The maximum atomic E-state index is 10.3. The molecule has 0 spiro atoms. The Morgan fingerprint density at radius 2 is 1.72 bits per heavy atom. The van der Waals surface area contributed by atoms with E-state index in [-0.39, 0.29) is 11.4 Å². The topological polar surface area (TPSA) is 249 Å². The van der Waals surface area contributed by atoms with Gasteiger partial charge in [-0.25, -0.2) is 4.79 Å². The van der Waals surface area contributed by atoms with Crippen LogP contribution >= 0.6 is 0 Å². The molecule has 14 nitrogen and oxygen atoms in total. The zero-order chi connectivity index (χ0) is 27.9. The summed E-state index contributed by atoms with van der Waals surface area (Å²) in [6.07, 6.45) is -0.444. The number of aromatic hydroxyl groups is 1. The Labute approximate surface area is 221 Å². The van der Waals surface area contributed by atoms with Gasteiger partial charge in [0.1, 0.15) is 0 Å². The number of nitriles is 1. The van der Waals surface area contributed by atoms with E-state index in [2.05, 4.69) is 20.9 Å². The fraction of sp³-hybridized carbons (Fsp3) is 0.320. The predicted octanol–water partition coefficient (Wildman–Crippen LogP) is 0.566. The van der Waals surface area contributed by atoms with Gasteiger partial charge in [0.2, 0.25) is 0 Å². The van der Waals surface area contributed by atoms with Crippen molar-refractivity contribution in [1.82, 2.24) is 14.9 Å². The normalized spacial score (nSPS) is 13.4. The van der Waals surface area contributed by atoms with Crippen molar-refractivity contribution in [3.63, 3.8) is 0 Å². The first-order valence-corrected chi connectivity index (χ1v) is 11.4. The Bertz CT molecular complexity index is 1340. The second kappa shape index (κ2) is 13.3. The number of carboxylic acid groups (broad SMARTS) is 3. The highest BCUT2D eigenvalue weighted by atomic mass is 16.5. The molecule has 8 N–H and O–H groups in total. The fourth-order valence-corrected chi connectivity index (χ4v) is 3.90. The van der Waals surface area contributed by atoms with Crippen LogP contribution in [0.1, 0.15) is 24.0 Å². The van der Waals surface area contributed by atoms with Crippen LogP contribution < -0.4 is 0 Å². The van der Waals surface area contributed by atoms with Gasteiger partial charge in [0, 0.05) is 36.7 Å². The Kier molecular flexibility index (Phi) is 10.5. The minimum absolute atomic E-state index is 0. The number of carbonyl (C=O) groups is 3. The number of aromatic amines is 1. The number of benzene rings is 1. The summed E-state index contributed by atoms with van der Waals surface area (Å²) in [5.74, 6) is -4.95. The van der Waals surface area contributed by atoms with E-state index < -0.39 is 36.4 Å². The number of hydrogen-bond acceptors (Lipinski definition) is 9. The lowest BCUT2D eigenvalue weighted by Gasteiger charge is -2.26. The molecular weight excluding hydrogens is 516 g/mol. The Hall–Kier alpha value is -4.55. The standard InChI is InChI=1S/C19H18N4O2.C6H8O7.H2O/c20-10-13-1-3-16-15(9-13)18(19(24)22-16)17-4-2-14(11-21-17)12-23-5-7-25-8-6-23;7-3(8)1-6(13,5(11)12)2-4(9)10;/h1-4,9,11,22,24H,5-8,12H2;13H,1-2H2,(H,7,8)(H,9,10)(H,11,12);1H2. The zero-order valence-corrected chi connectivity index (χ0v) is 20.6. The van der Waals surface area contributed by atoms with Crippen LogP contribution in [0.2, 0.25) is 0 Å². The molecule has 2 aromatic heterocycles. The second-order valence-corrected chi connectivity index (χ2v) is 8.64. The number of carboxylic acids is 3. The molecule has 0 amide bonds. The third-order valence-electron chi connectivity index (χ3n) is 5.78. The van der Waals surface area contributed by atoms with Crippen molar-refractivity contribution in [1.29, 1.82) is 5.26 Å². The Morgan fingerprint density at radius 1 is 1.08 bits per heavy atom. The first kappa shape index (κ1) is 30.7. The van der Waals surface area contributed by atoms with Gasteiger partial charge in [-0.2, -0.15) is 5.26 Å². The summed E-state index contributed by atoms with van der Waals surface area (Å²) in [4.78, 5) is 40.3. The summed E-state index contributed by atoms with van der Waals surface area (Å²) >= 11 is 0. The van der Waals surface area contributed by atoms with Gasteiger partial charge in [-0.1, -0.05) is 6.07 Å². The molecule has 1 aliphatic heterocycles. The third-order valence-corrected chi connectivity index (χ3v) is 5.78. The molecule has 4 rings (SSSR count). The van der Waals surface area contributed by atoms with Crippen LogP contribution in [0.15, 0.2) is 36.5 Å². The lowest BCUT2D eigenvalue weighted by molar-refractivity contribution is -0.170. The molecule has 208 valence electrons. The highest BCUT2D eigenvalue weighted by Crippen LogP contribution is 2.36. The maximum absolute atomic E-state index is 10.3. The molecule has 0 aliphatic carbocycles. The first-order valence-electron chi connectivity index (χ1n) is 11.4. The summed E-state index contributed by atoms with van der Waals surface area (Å²) in [6, 6.07) is 11.4. The average molecular weight is 545 g/mol. The summed E-state index contributed by atoms with van der Waals surface area (Å²) in [5, 5.41) is 54.0. The highest BCUT2D eigenvalue weighted by molar-refractivity contribution is 5.98. The van der Waals surface area contributed by atoms with E-state index in [4.69, 9.17) is 30.4 Å². The summed E-state index contributed by atoms with van der Waals surface area (Å²) < 4.78 is 5.37. The molecule has 1 aromatic carbocycles. The zero-order valence-electron chi connectivity index (χ0n) is 20.6. The summed E-state index contributed by atoms with van der Waals surface area (Å²) in [7, 11) is 0. The molecule has 1 saturated heterocycles. The lowest BCUT2D eigenvalue weighted by atomic mass is 9.96. The molecule has 0 unspecified atom stereocenters. The molecule has 3 heterocycles. The number of hydrogen-bond donors (Lipinski definition) is 6. The second-order valence-electron chi connectivity index (χ2n) is 8.64. The fourth-order valence-electron chi connectivity index (χ4n) is 3.90. The van der Waals surface area contributed by atoms with Gasteiger partial charge in [0.15, 0.2) is 11.5 Å². The number of fused-ring (bicyclic) bond motifs is 1. The molecule has 3 aromatic rings. The van der Waals surface area contributed by atoms with Gasteiger partial charge in [0.05, 0.1) is 48.9 Å². The number of pyridine rings is 1. The summed E-state index contributed by atoms with van der Waals surface area (Å²) in [5.41, 5.74) is 1.04. The van der Waals surface area contributed by atoms with Crippen LogP contribution in [0.25, 0.3) is 22.2 Å². The predicted molar refractivity (Wildman–Crippen MR) is 135 cm³/mol. The maximum Gasteiger partial charge on any atom is 0.336 e. The van der Waals surface area contributed by atoms with Gasteiger partial charge in [0.25, 0.3) is 0 Å². The number of ether oxygens (including phenoxy) is 1. The molecule has 0 saturated carbocycles. The number of H-pyrrole nitrogens is 1. The number of nitrogens with one attached hydrogen (secondary N) is 1. The van der Waals surface area contributed by atoms with Crippen molar-refractivity contribution >= 4 is 28.8 Å². The number of aliphatic carboxylic acids is 3. The van der Waals surface area contributed by atoms with Crippen LogP contribution in [0.3, 0.4) is 0 Å². The molecule has 1 fully saturated rings. The quantitative estimate of drug-likeness (QED) is 0.228. The monoisotopic (exact) mass is 544 g/mol. The minimum atomic E-state index is -2.74. The highest BCUT2D eigenvalue weighted by Gasteiger charge is 2.40. The van der Waals surface area contributed by atoms with Crippen molar-refractivity contribution in [3.8, 4) is 23.2 Å².